The van der Waals surface area contributed by atoms with Crippen molar-refractivity contribution in [2.24, 2.45) is 0 Å². The van der Waals surface area contributed by atoms with Crippen LogP contribution in [0.1, 0.15) is 38.3 Å². The Kier molecular flexibility index (Phi) is 6.27. The van der Waals surface area contributed by atoms with Crippen LogP contribution in [0.25, 0.3) is 5.65 Å². The number of nitrogens with one attached hydrogen (secondary N) is 2. The summed E-state index contributed by atoms with van der Waals surface area (Å²) in [6.45, 7) is 2.05. The first-order valence-electron chi connectivity index (χ1n) is 7.49. The van der Waals surface area contributed by atoms with Crippen molar-refractivity contribution in [3.63, 3.8) is 0 Å². The summed E-state index contributed by atoms with van der Waals surface area (Å²) in [5.74, 6) is 6.17. The second kappa shape index (κ2) is 8.42. The lowest BCUT2D eigenvalue weighted by molar-refractivity contribution is -0.127. The van der Waals surface area contributed by atoms with Crippen LogP contribution in [0.15, 0.2) is 18.3 Å². The number of unbranched alkanes of at least 4 members (excludes halogenated alkanes) is 3. The molecule has 7 heteroatoms. The molecule has 0 aliphatic rings. The molecule has 2 heterocycles. The zero-order valence-corrected chi connectivity index (χ0v) is 13.7. The Hall–Kier alpha value is -2.23. The van der Waals surface area contributed by atoms with Crippen molar-refractivity contribution in [2.45, 2.75) is 32.6 Å². The molecule has 0 aliphatic carbocycles. The number of rotatable bonds is 6. The number of anilines is 1. The fraction of sp³-hybridized carbons (Fsp3) is 0.375. The van der Waals surface area contributed by atoms with Gasteiger partial charge >= 0.3 is 0 Å². The minimum atomic E-state index is -0.552. The lowest BCUT2D eigenvalue weighted by atomic mass is 10.2. The van der Waals surface area contributed by atoms with Crippen LogP contribution in [0.3, 0.4) is 0 Å². The standard InChI is InChI=1S/C16H19ClN4O2/c1-2-3-4-5-6-7-13-16(18-10-15(22)20-23)21-11-12(17)8-9-14(21)19-13/h8-9,11,18,23H,2-5,10H2,1H3,(H,20,22). The minimum Gasteiger partial charge on any atom is -0.360 e. The predicted molar refractivity (Wildman–Crippen MR) is 89.6 cm³/mol. The summed E-state index contributed by atoms with van der Waals surface area (Å²) >= 11 is 6.02. The molecule has 0 radical (unpaired) electrons. The number of halogens is 1. The minimum absolute atomic E-state index is 0.0959. The van der Waals surface area contributed by atoms with E-state index in [-0.39, 0.29) is 6.54 Å². The molecule has 2 aromatic rings. The summed E-state index contributed by atoms with van der Waals surface area (Å²) in [4.78, 5) is 15.7. The topological polar surface area (TPSA) is 78.7 Å². The van der Waals surface area contributed by atoms with Crippen LogP contribution in [0, 0.1) is 11.8 Å². The third kappa shape index (κ3) is 4.62. The van der Waals surface area contributed by atoms with Gasteiger partial charge in [-0.3, -0.25) is 14.4 Å². The zero-order chi connectivity index (χ0) is 16.7. The number of carbonyl (C=O) groups excluding carboxylic acids is 1. The molecule has 0 atom stereocenters. The number of fused-ring (bicyclic) bond motifs is 1. The van der Waals surface area contributed by atoms with E-state index in [4.69, 9.17) is 16.8 Å². The number of hydrogen-bond donors (Lipinski definition) is 3. The Morgan fingerprint density at radius 1 is 1.43 bits per heavy atom. The maximum atomic E-state index is 11.2. The molecule has 1 amide bonds. The first-order chi connectivity index (χ1) is 11.2. The number of amides is 1. The smallest absolute Gasteiger partial charge is 0.262 e. The Bertz CT molecular complexity index is 746. The predicted octanol–water partition coefficient (Wildman–Crippen LogP) is 2.84. The largest absolute Gasteiger partial charge is 0.360 e. The summed E-state index contributed by atoms with van der Waals surface area (Å²) in [5, 5.41) is 12.1. The van der Waals surface area contributed by atoms with Crippen molar-refractivity contribution in [3.05, 3.63) is 29.0 Å². The maximum absolute atomic E-state index is 11.2. The molecule has 0 saturated heterocycles. The van der Waals surface area contributed by atoms with Crippen LogP contribution in [0.2, 0.25) is 5.02 Å². The SMILES string of the molecule is CCCCCC#Cc1nc2ccc(Cl)cn2c1NCC(=O)NO. The quantitative estimate of drug-likeness (QED) is 0.328. The van der Waals surface area contributed by atoms with E-state index in [1.807, 2.05) is 0 Å². The van der Waals surface area contributed by atoms with Gasteiger partial charge in [0.2, 0.25) is 0 Å². The summed E-state index contributed by atoms with van der Waals surface area (Å²) in [7, 11) is 0. The van der Waals surface area contributed by atoms with E-state index < -0.39 is 5.91 Å². The van der Waals surface area contributed by atoms with Gasteiger partial charge in [-0.25, -0.2) is 10.5 Å². The Morgan fingerprint density at radius 3 is 3.00 bits per heavy atom. The monoisotopic (exact) mass is 334 g/mol. The fourth-order valence-corrected chi connectivity index (χ4v) is 2.25. The molecular formula is C16H19ClN4O2. The first kappa shape index (κ1) is 17.1. The van der Waals surface area contributed by atoms with E-state index >= 15 is 0 Å². The first-order valence-corrected chi connectivity index (χ1v) is 7.86. The van der Waals surface area contributed by atoms with Crippen LogP contribution < -0.4 is 10.8 Å². The second-order valence-corrected chi connectivity index (χ2v) is 5.47. The lowest BCUT2D eigenvalue weighted by Crippen LogP contribution is -2.27. The van der Waals surface area contributed by atoms with Crippen LogP contribution in [0.5, 0.6) is 0 Å². The van der Waals surface area contributed by atoms with Crippen molar-refractivity contribution >= 4 is 29.0 Å². The molecule has 2 rings (SSSR count). The average molecular weight is 335 g/mol. The number of imidazole rings is 1. The van der Waals surface area contributed by atoms with Crippen LogP contribution in [-0.2, 0) is 4.79 Å². The van der Waals surface area contributed by atoms with Crippen molar-refractivity contribution in [1.82, 2.24) is 14.9 Å². The molecule has 0 bridgehead atoms. The fourth-order valence-electron chi connectivity index (χ4n) is 2.09. The van der Waals surface area contributed by atoms with Gasteiger partial charge in [0, 0.05) is 12.6 Å². The molecule has 3 N–H and O–H groups in total. The van der Waals surface area contributed by atoms with E-state index in [1.54, 1.807) is 28.2 Å². The molecule has 0 aromatic carbocycles. The molecule has 6 nitrogen and oxygen atoms in total. The summed E-state index contributed by atoms with van der Waals surface area (Å²) in [6, 6.07) is 3.52. The van der Waals surface area contributed by atoms with Gasteiger partial charge in [0.15, 0.2) is 5.69 Å². The van der Waals surface area contributed by atoms with Gasteiger partial charge in [0.05, 0.1) is 11.6 Å². The summed E-state index contributed by atoms with van der Waals surface area (Å²) < 4.78 is 1.74. The molecule has 0 unspecified atom stereocenters. The number of aromatic nitrogens is 2. The molecule has 0 saturated carbocycles. The van der Waals surface area contributed by atoms with Crippen molar-refractivity contribution in [1.29, 1.82) is 0 Å². The third-order valence-electron chi connectivity index (χ3n) is 3.24. The van der Waals surface area contributed by atoms with E-state index in [1.165, 1.54) is 0 Å². The van der Waals surface area contributed by atoms with E-state index in [2.05, 4.69) is 29.1 Å². The summed E-state index contributed by atoms with van der Waals surface area (Å²) in [5.41, 5.74) is 2.81. The van der Waals surface area contributed by atoms with Crippen molar-refractivity contribution < 1.29 is 10.0 Å². The molecule has 2 aromatic heterocycles. The lowest BCUT2D eigenvalue weighted by Gasteiger charge is -2.05. The molecule has 122 valence electrons. The van der Waals surface area contributed by atoms with Gasteiger partial charge < -0.3 is 5.32 Å². The third-order valence-corrected chi connectivity index (χ3v) is 3.46. The molecule has 0 spiro atoms. The maximum Gasteiger partial charge on any atom is 0.262 e. The second-order valence-electron chi connectivity index (χ2n) is 5.03. The summed E-state index contributed by atoms with van der Waals surface area (Å²) in [6.07, 6.45) is 5.86. The van der Waals surface area contributed by atoms with Gasteiger partial charge in [-0.05, 0) is 24.5 Å². The molecular weight excluding hydrogens is 316 g/mol. The van der Waals surface area contributed by atoms with Gasteiger partial charge in [0.25, 0.3) is 5.91 Å². The highest BCUT2D eigenvalue weighted by Gasteiger charge is 2.12. The van der Waals surface area contributed by atoms with Gasteiger partial charge in [-0.2, -0.15) is 0 Å². The van der Waals surface area contributed by atoms with E-state index in [0.29, 0.717) is 22.2 Å². The zero-order valence-electron chi connectivity index (χ0n) is 12.9. The highest BCUT2D eigenvalue weighted by molar-refractivity contribution is 6.30. The highest BCUT2D eigenvalue weighted by Crippen LogP contribution is 2.20. The van der Waals surface area contributed by atoms with E-state index in [9.17, 15) is 4.79 Å². The highest BCUT2D eigenvalue weighted by atomic mass is 35.5. The normalized spacial score (nSPS) is 10.2. The Morgan fingerprint density at radius 2 is 2.26 bits per heavy atom. The number of carbonyl (C=O) groups is 1. The van der Waals surface area contributed by atoms with Gasteiger partial charge in [-0.15, -0.1) is 0 Å². The Labute approximate surface area is 139 Å². The Balaban J connectivity index is 2.28. The molecule has 23 heavy (non-hydrogen) atoms. The number of nitrogens with zero attached hydrogens (tertiary/aromatic N) is 2. The van der Waals surface area contributed by atoms with Gasteiger partial charge in [-0.1, -0.05) is 37.3 Å². The van der Waals surface area contributed by atoms with E-state index in [0.717, 1.165) is 25.7 Å². The van der Waals surface area contributed by atoms with Crippen molar-refractivity contribution in [3.8, 4) is 11.8 Å². The van der Waals surface area contributed by atoms with Crippen LogP contribution in [-0.4, -0.2) is 27.0 Å². The molecule has 0 fully saturated rings. The molecule has 0 aliphatic heterocycles. The van der Waals surface area contributed by atoms with Crippen molar-refractivity contribution in [2.75, 3.05) is 11.9 Å². The number of hydrogen-bond acceptors (Lipinski definition) is 4. The average Bonchev–Trinajstić information content (AvgIpc) is 2.89. The van der Waals surface area contributed by atoms with Crippen LogP contribution in [0.4, 0.5) is 5.82 Å². The number of hydroxylamine groups is 1. The van der Waals surface area contributed by atoms with Crippen LogP contribution >= 0.6 is 11.6 Å². The number of pyridine rings is 1. The van der Waals surface area contributed by atoms with Gasteiger partial charge in [0.1, 0.15) is 11.5 Å².